The highest BCUT2D eigenvalue weighted by Crippen LogP contribution is 2.19. The molecule has 1 aromatic carbocycles. The fourth-order valence-electron chi connectivity index (χ4n) is 1.64. The van der Waals surface area contributed by atoms with Crippen LogP contribution in [0.25, 0.3) is 0 Å². The van der Waals surface area contributed by atoms with Crippen molar-refractivity contribution in [2.45, 2.75) is 19.7 Å². The number of carbonyl (C=O) groups excluding carboxylic acids is 1. The van der Waals surface area contributed by atoms with Crippen molar-refractivity contribution in [2.75, 3.05) is 5.32 Å². The highest BCUT2D eigenvalue weighted by atomic mass is 35.5. The number of nitrogens with one attached hydrogen (secondary N) is 1. The summed E-state index contributed by atoms with van der Waals surface area (Å²) >= 11 is 5.63. The molecule has 0 aliphatic rings. The van der Waals surface area contributed by atoms with Gasteiger partial charge in [-0.05, 0) is 43.2 Å². The van der Waals surface area contributed by atoms with E-state index in [1.54, 1.807) is 12.1 Å². The molecule has 2 rings (SSSR count). The Bertz CT molecular complexity index is 575. The van der Waals surface area contributed by atoms with Gasteiger partial charge >= 0.3 is 0 Å². The smallest absolute Gasteiger partial charge is 0.291 e. The second-order valence-corrected chi connectivity index (χ2v) is 4.37. The van der Waals surface area contributed by atoms with Crippen LogP contribution in [0.3, 0.4) is 0 Å². The van der Waals surface area contributed by atoms with Crippen molar-refractivity contribution >= 4 is 23.2 Å². The first kappa shape index (κ1) is 12.7. The summed E-state index contributed by atoms with van der Waals surface area (Å²) in [5, 5.41) is 2.83. The van der Waals surface area contributed by atoms with Crippen molar-refractivity contribution < 1.29 is 9.21 Å². The van der Waals surface area contributed by atoms with E-state index >= 15 is 0 Å². The number of hydrogen-bond acceptors (Lipinski definition) is 2. The van der Waals surface area contributed by atoms with E-state index in [9.17, 15) is 4.79 Å². The van der Waals surface area contributed by atoms with Crippen LogP contribution < -0.4 is 5.32 Å². The molecule has 3 nitrogen and oxygen atoms in total. The van der Waals surface area contributed by atoms with Crippen LogP contribution in [0.1, 0.15) is 27.4 Å². The van der Waals surface area contributed by atoms with Gasteiger partial charge in [-0.25, -0.2) is 0 Å². The van der Waals surface area contributed by atoms with E-state index < -0.39 is 0 Å². The maximum absolute atomic E-state index is 12.0. The van der Waals surface area contributed by atoms with Gasteiger partial charge in [0.1, 0.15) is 5.76 Å². The first-order chi connectivity index (χ1) is 8.61. The lowest BCUT2D eigenvalue weighted by atomic mass is 10.1. The van der Waals surface area contributed by atoms with E-state index in [0.29, 0.717) is 5.76 Å². The highest BCUT2D eigenvalue weighted by Gasteiger charge is 2.12. The molecule has 1 N–H and O–H groups in total. The average molecular weight is 264 g/mol. The Hall–Kier alpha value is -1.74. The molecule has 0 fully saturated rings. The summed E-state index contributed by atoms with van der Waals surface area (Å²) in [6.07, 6.45) is 0. The van der Waals surface area contributed by atoms with Crippen molar-refractivity contribution in [1.82, 2.24) is 0 Å². The van der Waals surface area contributed by atoms with Crippen LogP contribution in [0.5, 0.6) is 0 Å². The van der Waals surface area contributed by atoms with Gasteiger partial charge in [0.2, 0.25) is 0 Å². The van der Waals surface area contributed by atoms with Gasteiger partial charge < -0.3 is 9.73 Å². The minimum atomic E-state index is -0.264. The topological polar surface area (TPSA) is 42.2 Å². The maximum Gasteiger partial charge on any atom is 0.291 e. The molecule has 1 heterocycles. The monoisotopic (exact) mass is 263 g/mol. The Balaban J connectivity index is 2.18. The molecule has 0 saturated heterocycles. The Morgan fingerprint density at radius 3 is 2.72 bits per heavy atom. The number of aryl methyl sites for hydroxylation is 1. The van der Waals surface area contributed by atoms with Crippen molar-refractivity contribution in [1.29, 1.82) is 0 Å². The fourth-order valence-corrected chi connectivity index (χ4v) is 1.79. The third-order valence-corrected chi connectivity index (χ3v) is 3.13. The largest absolute Gasteiger partial charge is 0.455 e. The summed E-state index contributed by atoms with van der Waals surface area (Å²) in [7, 11) is 0. The Labute approximate surface area is 111 Å². The molecule has 0 spiro atoms. The normalized spacial score (nSPS) is 10.4. The fraction of sp³-hybridized carbons (Fsp3) is 0.214. The Kier molecular flexibility index (Phi) is 3.72. The van der Waals surface area contributed by atoms with Gasteiger partial charge in [0, 0.05) is 5.69 Å². The van der Waals surface area contributed by atoms with Gasteiger partial charge in [0.15, 0.2) is 5.76 Å². The minimum Gasteiger partial charge on any atom is -0.455 e. The number of furan rings is 1. The van der Waals surface area contributed by atoms with Crippen LogP contribution in [0, 0.1) is 13.8 Å². The predicted molar refractivity (Wildman–Crippen MR) is 72.1 cm³/mol. The molecule has 4 heteroatoms. The molecular weight excluding hydrogens is 250 g/mol. The van der Waals surface area contributed by atoms with Crippen LogP contribution >= 0.6 is 11.6 Å². The van der Waals surface area contributed by atoms with Crippen LogP contribution in [0.4, 0.5) is 5.69 Å². The Morgan fingerprint density at radius 1 is 1.28 bits per heavy atom. The van der Waals surface area contributed by atoms with Crippen LogP contribution in [0.2, 0.25) is 0 Å². The second-order valence-electron chi connectivity index (χ2n) is 4.10. The van der Waals surface area contributed by atoms with Crippen molar-refractivity contribution in [3.05, 3.63) is 53.0 Å². The molecule has 0 aliphatic heterocycles. The zero-order chi connectivity index (χ0) is 13.1. The molecule has 0 bridgehead atoms. The van der Waals surface area contributed by atoms with Gasteiger partial charge in [-0.3, -0.25) is 4.79 Å². The van der Waals surface area contributed by atoms with E-state index in [0.717, 1.165) is 16.8 Å². The van der Waals surface area contributed by atoms with Crippen LogP contribution in [-0.2, 0) is 5.88 Å². The van der Waals surface area contributed by atoms with Crippen molar-refractivity contribution in [3.8, 4) is 0 Å². The second kappa shape index (κ2) is 5.27. The van der Waals surface area contributed by atoms with E-state index in [1.807, 2.05) is 32.0 Å². The SMILES string of the molecule is Cc1cccc(NC(=O)c2ccc(CCl)o2)c1C. The molecular formula is C14H14ClNO2. The minimum absolute atomic E-state index is 0.261. The molecule has 0 saturated carbocycles. The van der Waals surface area contributed by atoms with E-state index in [4.69, 9.17) is 16.0 Å². The van der Waals surface area contributed by atoms with Gasteiger partial charge in [-0.2, -0.15) is 0 Å². The lowest BCUT2D eigenvalue weighted by molar-refractivity contribution is 0.0995. The predicted octanol–water partition coefficient (Wildman–Crippen LogP) is 3.89. The number of anilines is 1. The number of alkyl halides is 1. The molecule has 0 aliphatic carbocycles. The van der Waals surface area contributed by atoms with Gasteiger partial charge in [0.05, 0.1) is 5.88 Å². The Morgan fingerprint density at radius 2 is 2.06 bits per heavy atom. The van der Waals surface area contributed by atoms with Gasteiger partial charge in [0.25, 0.3) is 5.91 Å². The highest BCUT2D eigenvalue weighted by molar-refractivity contribution is 6.16. The first-order valence-electron chi connectivity index (χ1n) is 5.64. The summed E-state index contributed by atoms with van der Waals surface area (Å²) in [5.74, 6) is 0.853. The molecule has 94 valence electrons. The number of benzene rings is 1. The number of amides is 1. The summed E-state index contributed by atoms with van der Waals surface area (Å²) in [5.41, 5.74) is 2.98. The van der Waals surface area contributed by atoms with E-state index in [-0.39, 0.29) is 17.5 Å². The van der Waals surface area contributed by atoms with E-state index in [2.05, 4.69) is 5.32 Å². The quantitative estimate of drug-likeness (QED) is 0.854. The number of rotatable bonds is 3. The number of carbonyl (C=O) groups is 1. The van der Waals surface area contributed by atoms with Gasteiger partial charge in [-0.15, -0.1) is 11.6 Å². The molecule has 0 radical (unpaired) electrons. The summed E-state index contributed by atoms with van der Waals surface area (Å²) in [6, 6.07) is 9.10. The zero-order valence-corrected chi connectivity index (χ0v) is 11.0. The maximum atomic E-state index is 12.0. The van der Waals surface area contributed by atoms with Crippen LogP contribution in [-0.4, -0.2) is 5.91 Å². The van der Waals surface area contributed by atoms with Crippen LogP contribution in [0.15, 0.2) is 34.7 Å². The van der Waals surface area contributed by atoms with Crippen molar-refractivity contribution in [3.63, 3.8) is 0 Å². The average Bonchev–Trinajstić information content (AvgIpc) is 2.83. The third kappa shape index (κ3) is 2.57. The summed E-state index contributed by atoms with van der Waals surface area (Å²) in [6.45, 7) is 3.97. The summed E-state index contributed by atoms with van der Waals surface area (Å²) < 4.78 is 5.29. The number of hydrogen-bond donors (Lipinski definition) is 1. The molecule has 0 atom stereocenters. The van der Waals surface area contributed by atoms with Gasteiger partial charge in [-0.1, -0.05) is 12.1 Å². The number of halogens is 1. The zero-order valence-electron chi connectivity index (χ0n) is 10.3. The molecule has 0 unspecified atom stereocenters. The van der Waals surface area contributed by atoms with Crippen molar-refractivity contribution in [2.24, 2.45) is 0 Å². The molecule has 2 aromatic rings. The van der Waals surface area contributed by atoms with E-state index in [1.165, 1.54) is 0 Å². The molecule has 1 aromatic heterocycles. The standard InChI is InChI=1S/C14H14ClNO2/c1-9-4-3-5-12(10(9)2)16-14(17)13-7-6-11(8-15)18-13/h3-7H,8H2,1-2H3,(H,16,17). The first-order valence-corrected chi connectivity index (χ1v) is 6.17. The molecule has 18 heavy (non-hydrogen) atoms. The lowest BCUT2D eigenvalue weighted by Crippen LogP contribution is -2.12. The molecule has 1 amide bonds. The third-order valence-electron chi connectivity index (χ3n) is 2.87. The summed E-state index contributed by atoms with van der Waals surface area (Å²) in [4.78, 5) is 12.0. The lowest BCUT2D eigenvalue weighted by Gasteiger charge is -2.08.